The van der Waals surface area contributed by atoms with E-state index < -0.39 is 23.9 Å². The molecule has 2 amide bonds. The lowest BCUT2D eigenvalue weighted by molar-refractivity contribution is -0.123. The molecule has 0 radical (unpaired) electrons. The number of esters is 1. The van der Waals surface area contributed by atoms with Crippen LogP contribution in [0.1, 0.15) is 27.6 Å². The van der Waals surface area contributed by atoms with Gasteiger partial charge in [-0.3, -0.25) is 9.59 Å². The lowest BCUT2D eigenvalue weighted by Gasteiger charge is -2.14. The first kappa shape index (κ1) is 18.1. The molecule has 0 saturated carbocycles. The number of primary amides is 1. The summed E-state index contributed by atoms with van der Waals surface area (Å²) in [5, 5.41) is 4.31. The van der Waals surface area contributed by atoms with E-state index in [0.29, 0.717) is 16.8 Å². The van der Waals surface area contributed by atoms with Gasteiger partial charge in [-0.1, -0.05) is 36.4 Å². The maximum Gasteiger partial charge on any atom is 0.339 e. The van der Waals surface area contributed by atoms with Gasteiger partial charge in [0.15, 0.2) is 6.10 Å². The number of rotatable bonds is 5. The molecular formula is C21H18N2O4. The first-order valence-electron chi connectivity index (χ1n) is 8.35. The minimum atomic E-state index is -0.993. The smallest absolute Gasteiger partial charge is 0.339 e. The van der Waals surface area contributed by atoms with Gasteiger partial charge < -0.3 is 15.8 Å². The molecule has 0 bridgehead atoms. The Kier molecular flexibility index (Phi) is 5.17. The van der Waals surface area contributed by atoms with Crippen LogP contribution in [0.3, 0.4) is 0 Å². The summed E-state index contributed by atoms with van der Waals surface area (Å²) < 4.78 is 5.32. The molecule has 0 unspecified atom stereocenters. The van der Waals surface area contributed by atoms with Gasteiger partial charge in [0.05, 0.1) is 5.56 Å². The highest BCUT2D eigenvalue weighted by Gasteiger charge is 2.20. The Morgan fingerprint density at radius 3 is 2.30 bits per heavy atom. The zero-order valence-corrected chi connectivity index (χ0v) is 14.6. The van der Waals surface area contributed by atoms with E-state index in [-0.39, 0.29) is 0 Å². The summed E-state index contributed by atoms with van der Waals surface area (Å²) in [6.45, 7) is 1.50. The largest absolute Gasteiger partial charge is 0.449 e. The maximum atomic E-state index is 12.5. The van der Waals surface area contributed by atoms with Crippen molar-refractivity contribution in [3.63, 3.8) is 0 Å². The summed E-state index contributed by atoms with van der Waals surface area (Å²) in [4.78, 5) is 35.8. The average molecular weight is 362 g/mol. The molecular weight excluding hydrogens is 344 g/mol. The molecule has 0 fully saturated rings. The first-order valence-corrected chi connectivity index (χ1v) is 8.35. The van der Waals surface area contributed by atoms with Gasteiger partial charge >= 0.3 is 5.97 Å². The van der Waals surface area contributed by atoms with E-state index >= 15 is 0 Å². The van der Waals surface area contributed by atoms with Crippen LogP contribution in [0.4, 0.5) is 5.69 Å². The lowest BCUT2D eigenvalue weighted by atomic mass is 10.0. The number of amides is 2. The van der Waals surface area contributed by atoms with Crippen LogP contribution >= 0.6 is 0 Å². The number of ether oxygens (including phenoxy) is 1. The topological polar surface area (TPSA) is 98.5 Å². The molecule has 0 saturated heterocycles. The van der Waals surface area contributed by atoms with Crippen molar-refractivity contribution < 1.29 is 19.1 Å². The zero-order valence-electron chi connectivity index (χ0n) is 14.6. The number of hydrogen-bond acceptors (Lipinski definition) is 4. The fraction of sp³-hybridized carbons (Fsp3) is 0.0952. The van der Waals surface area contributed by atoms with E-state index in [1.807, 2.05) is 30.3 Å². The second kappa shape index (κ2) is 7.70. The van der Waals surface area contributed by atoms with Crippen LogP contribution in [0.5, 0.6) is 0 Å². The van der Waals surface area contributed by atoms with Crippen molar-refractivity contribution >= 4 is 34.2 Å². The van der Waals surface area contributed by atoms with Crippen molar-refractivity contribution in [2.45, 2.75) is 13.0 Å². The van der Waals surface area contributed by atoms with E-state index in [0.717, 1.165) is 10.8 Å². The first-order chi connectivity index (χ1) is 13.0. The summed E-state index contributed by atoms with van der Waals surface area (Å²) in [6.07, 6.45) is -0.993. The molecule has 0 spiro atoms. The van der Waals surface area contributed by atoms with Crippen molar-refractivity contribution in [2.75, 3.05) is 5.32 Å². The van der Waals surface area contributed by atoms with Crippen molar-refractivity contribution in [1.29, 1.82) is 0 Å². The minimum Gasteiger partial charge on any atom is -0.449 e. The van der Waals surface area contributed by atoms with Crippen molar-refractivity contribution in [2.24, 2.45) is 5.73 Å². The molecule has 0 heterocycles. The van der Waals surface area contributed by atoms with Gasteiger partial charge in [-0.15, -0.1) is 0 Å². The van der Waals surface area contributed by atoms with Crippen LogP contribution in [-0.2, 0) is 9.53 Å². The van der Waals surface area contributed by atoms with Crippen LogP contribution in [0.15, 0.2) is 66.7 Å². The highest BCUT2D eigenvalue weighted by atomic mass is 16.5. The normalized spacial score (nSPS) is 11.6. The molecule has 6 nitrogen and oxygen atoms in total. The van der Waals surface area contributed by atoms with E-state index in [9.17, 15) is 14.4 Å². The second-order valence-corrected chi connectivity index (χ2v) is 6.01. The van der Waals surface area contributed by atoms with Gasteiger partial charge in [-0.05, 0) is 48.0 Å². The second-order valence-electron chi connectivity index (χ2n) is 6.01. The third kappa shape index (κ3) is 4.12. The lowest BCUT2D eigenvalue weighted by Crippen LogP contribution is -2.30. The molecule has 1 atom stereocenters. The van der Waals surface area contributed by atoms with Crippen molar-refractivity contribution in [1.82, 2.24) is 0 Å². The number of benzene rings is 3. The Morgan fingerprint density at radius 2 is 1.59 bits per heavy atom. The van der Waals surface area contributed by atoms with Crippen LogP contribution in [-0.4, -0.2) is 23.9 Å². The highest BCUT2D eigenvalue weighted by molar-refractivity contribution is 6.05. The molecule has 3 aromatic rings. The van der Waals surface area contributed by atoms with E-state index in [4.69, 9.17) is 10.5 Å². The molecule has 3 rings (SSSR count). The number of nitrogens with one attached hydrogen (secondary N) is 1. The summed E-state index contributed by atoms with van der Waals surface area (Å²) in [7, 11) is 0. The Balaban J connectivity index is 1.68. The summed E-state index contributed by atoms with van der Waals surface area (Å²) in [6, 6.07) is 18.9. The Morgan fingerprint density at radius 1 is 0.926 bits per heavy atom. The standard InChI is InChI=1S/C21H18N2O4/c1-13(20(25)23-16-11-9-15(10-12-16)19(22)24)27-21(26)18-8-4-6-14-5-2-3-7-17(14)18/h2-13H,1H3,(H2,22,24)(H,23,25)/t13-/m0/s1. The molecule has 3 N–H and O–H groups in total. The molecule has 0 aliphatic carbocycles. The van der Waals surface area contributed by atoms with Gasteiger partial charge in [0.1, 0.15) is 0 Å². The number of hydrogen-bond donors (Lipinski definition) is 2. The zero-order chi connectivity index (χ0) is 19.4. The maximum absolute atomic E-state index is 12.5. The Hall–Kier alpha value is -3.67. The predicted octanol–water partition coefficient (Wildman–Crippen LogP) is 3.12. The molecule has 27 heavy (non-hydrogen) atoms. The number of anilines is 1. The Bertz CT molecular complexity index is 1010. The number of carbonyl (C=O) groups excluding carboxylic acids is 3. The SMILES string of the molecule is C[C@H](OC(=O)c1cccc2ccccc12)C(=O)Nc1ccc(C(N)=O)cc1. The van der Waals surface area contributed by atoms with E-state index in [1.165, 1.54) is 19.1 Å². The molecule has 6 heteroatoms. The third-order valence-corrected chi connectivity index (χ3v) is 4.10. The number of carbonyl (C=O) groups is 3. The average Bonchev–Trinajstić information content (AvgIpc) is 2.67. The van der Waals surface area contributed by atoms with Crippen LogP contribution in [0.25, 0.3) is 10.8 Å². The fourth-order valence-electron chi connectivity index (χ4n) is 2.64. The van der Waals surface area contributed by atoms with Crippen LogP contribution < -0.4 is 11.1 Å². The number of fused-ring (bicyclic) bond motifs is 1. The van der Waals surface area contributed by atoms with Crippen molar-refractivity contribution in [3.8, 4) is 0 Å². The summed E-state index contributed by atoms with van der Waals surface area (Å²) in [5.74, 6) is -1.60. The van der Waals surface area contributed by atoms with E-state index in [2.05, 4.69) is 5.32 Å². The molecule has 0 aliphatic rings. The van der Waals surface area contributed by atoms with Crippen LogP contribution in [0.2, 0.25) is 0 Å². The molecule has 136 valence electrons. The summed E-state index contributed by atoms with van der Waals surface area (Å²) >= 11 is 0. The van der Waals surface area contributed by atoms with Gasteiger partial charge in [-0.2, -0.15) is 0 Å². The van der Waals surface area contributed by atoms with Gasteiger partial charge in [0, 0.05) is 11.3 Å². The molecule has 0 aliphatic heterocycles. The Labute approximate surface area is 155 Å². The highest BCUT2D eigenvalue weighted by Crippen LogP contribution is 2.20. The van der Waals surface area contributed by atoms with Crippen molar-refractivity contribution in [3.05, 3.63) is 77.9 Å². The summed E-state index contributed by atoms with van der Waals surface area (Å²) in [5.41, 5.74) is 6.39. The van der Waals surface area contributed by atoms with Gasteiger partial charge in [0.2, 0.25) is 5.91 Å². The third-order valence-electron chi connectivity index (χ3n) is 4.10. The molecule has 0 aromatic heterocycles. The van der Waals surface area contributed by atoms with Gasteiger partial charge in [-0.25, -0.2) is 4.79 Å². The fourth-order valence-corrected chi connectivity index (χ4v) is 2.64. The molecule has 3 aromatic carbocycles. The van der Waals surface area contributed by atoms with Gasteiger partial charge in [0.25, 0.3) is 5.91 Å². The van der Waals surface area contributed by atoms with E-state index in [1.54, 1.807) is 24.3 Å². The predicted molar refractivity (Wildman–Crippen MR) is 102 cm³/mol. The van der Waals surface area contributed by atoms with Crippen LogP contribution in [0, 0.1) is 0 Å². The minimum absolute atomic E-state index is 0.337. The quantitative estimate of drug-likeness (QED) is 0.681. The number of nitrogens with two attached hydrogens (primary N) is 1. The monoisotopic (exact) mass is 362 g/mol.